The van der Waals surface area contributed by atoms with Gasteiger partial charge in [0.2, 0.25) is 5.88 Å². The molecule has 0 N–H and O–H groups in total. The van der Waals surface area contributed by atoms with E-state index in [-0.39, 0.29) is 17.0 Å². The molecule has 1 aliphatic rings. The average Bonchev–Trinajstić information content (AvgIpc) is 2.81. The molecule has 0 atom stereocenters. The van der Waals surface area contributed by atoms with Crippen molar-refractivity contribution in [3.63, 3.8) is 0 Å². The molecule has 162 valence electrons. The highest BCUT2D eigenvalue weighted by atomic mass is 35.5. The lowest BCUT2D eigenvalue weighted by atomic mass is 10.1. The topological polar surface area (TPSA) is 87.7 Å². The van der Waals surface area contributed by atoms with Gasteiger partial charge in [-0.05, 0) is 56.0 Å². The highest BCUT2D eigenvalue weighted by Gasteiger charge is 2.23. The summed E-state index contributed by atoms with van der Waals surface area (Å²) in [6.07, 6.45) is 5.70. The third kappa shape index (κ3) is 4.23. The van der Waals surface area contributed by atoms with Crippen molar-refractivity contribution in [1.29, 1.82) is 5.26 Å². The van der Waals surface area contributed by atoms with Crippen molar-refractivity contribution in [2.75, 3.05) is 13.1 Å². The number of carbonyl (C=O) groups excluding carboxylic acids is 1. The molecule has 1 fully saturated rings. The van der Waals surface area contributed by atoms with E-state index in [4.69, 9.17) is 16.3 Å². The smallest absolute Gasteiger partial charge is 0.269 e. The number of nitriles is 1. The van der Waals surface area contributed by atoms with E-state index in [1.54, 1.807) is 41.4 Å². The fourth-order valence-electron chi connectivity index (χ4n) is 3.68. The first-order chi connectivity index (χ1) is 15.5. The second-order valence-corrected chi connectivity index (χ2v) is 7.98. The predicted molar refractivity (Wildman–Crippen MR) is 122 cm³/mol. The molecule has 1 saturated heterocycles. The Morgan fingerprint density at radius 2 is 1.94 bits per heavy atom. The quantitative estimate of drug-likeness (QED) is 0.437. The maximum Gasteiger partial charge on any atom is 0.269 e. The minimum Gasteiger partial charge on any atom is -0.437 e. The van der Waals surface area contributed by atoms with E-state index in [1.165, 1.54) is 10.5 Å². The van der Waals surface area contributed by atoms with Gasteiger partial charge in [-0.15, -0.1) is 0 Å². The Labute approximate surface area is 190 Å². The average molecular weight is 449 g/mol. The lowest BCUT2D eigenvalue weighted by molar-refractivity contribution is -0.127. The predicted octanol–water partition coefficient (Wildman–Crippen LogP) is 4.37. The summed E-state index contributed by atoms with van der Waals surface area (Å²) in [7, 11) is 0. The van der Waals surface area contributed by atoms with Crippen LogP contribution in [0.4, 0.5) is 0 Å². The number of hydrogen-bond donors (Lipinski definition) is 0. The fourth-order valence-corrected chi connectivity index (χ4v) is 3.85. The summed E-state index contributed by atoms with van der Waals surface area (Å²) in [5.41, 5.74) is 0.615. The molecule has 0 unspecified atom stereocenters. The van der Waals surface area contributed by atoms with Crippen LogP contribution in [0.25, 0.3) is 11.7 Å². The van der Waals surface area contributed by atoms with Gasteiger partial charge in [0.05, 0.1) is 5.02 Å². The van der Waals surface area contributed by atoms with Crippen molar-refractivity contribution in [3.8, 4) is 17.7 Å². The molecule has 0 bridgehead atoms. The van der Waals surface area contributed by atoms with Gasteiger partial charge >= 0.3 is 0 Å². The number of nitrogens with zero attached hydrogens (tertiary/aromatic N) is 4. The monoisotopic (exact) mass is 448 g/mol. The number of piperidine rings is 1. The number of pyridine rings is 1. The van der Waals surface area contributed by atoms with E-state index in [9.17, 15) is 14.9 Å². The normalized spacial score (nSPS) is 14.3. The lowest BCUT2D eigenvalue weighted by Gasteiger charge is -2.26. The van der Waals surface area contributed by atoms with Crippen molar-refractivity contribution in [2.45, 2.75) is 26.2 Å². The molecular formula is C24H21ClN4O3. The molecule has 2 aromatic heterocycles. The fraction of sp³-hybridized carbons (Fsp3) is 0.250. The summed E-state index contributed by atoms with van der Waals surface area (Å²) in [5, 5.41) is 10.1. The minimum atomic E-state index is -0.444. The highest BCUT2D eigenvalue weighted by molar-refractivity contribution is 6.32. The Hall–Kier alpha value is -3.63. The van der Waals surface area contributed by atoms with Gasteiger partial charge in [0.1, 0.15) is 28.6 Å². The maximum absolute atomic E-state index is 13.4. The van der Waals surface area contributed by atoms with E-state index in [0.29, 0.717) is 29.5 Å². The zero-order valence-corrected chi connectivity index (χ0v) is 18.3. The first kappa shape index (κ1) is 21.6. The van der Waals surface area contributed by atoms with Crippen LogP contribution in [0, 0.1) is 18.3 Å². The summed E-state index contributed by atoms with van der Waals surface area (Å²) < 4.78 is 7.30. The number of hydrogen-bond acceptors (Lipinski definition) is 5. The van der Waals surface area contributed by atoms with E-state index < -0.39 is 11.5 Å². The third-order valence-electron chi connectivity index (χ3n) is 5.38. The van der Waals surface area contributed by atoms with Gasteiger partial charge in [0.15, 0.2) is 0 Å². The lowest BCUT2D eigenvalue weighted by Crippen LogP contribution is -2.36. The summed E-state index contributed by atoms with van der Waals surface area (Å²) in [6, 6.07) is 12.3. The largest absolute Gasteiger partial charge is 0.437 e. The van der Waals surface area contributed by atoms with Crippen molar-refractivity contribution in [3.05, 3.63) is 74.7 Å². The number of aromatic nitrogens is 2. The summed E-state index contributed by atoms with van der Waals surface area (Å²) in [4.78, 5) is 32.5. The van der Waals surface area contributed by atoms with Crippen LogP contribution in [0.3, 0.4) is 0 Å². The van der Waals surface area contributed by atoms with Gasteiger partial charge in [-0.1, -0.05) is 29.8 Å². The van der Waals surface area contributed by atoms with Crippen LogP contribution in [0.2, 0.25) is 5.02 Å². The van der Waals surface area contributed by atoms with E-state index in [0.717, 1.165) is 24.8 Å². The van der Waals surface area contributed by atoms with E-state index in [2.05, 4.69) is 4.98 Å². The Morgan fingerprint density at radius 1 is 1.19 bits per heavy atom. The molecule has 7 nitrogen and oxygen atoms in total. The molecule has 32 heavy (non-hydrogen) atoms. The maximum atomic E-state index is 13.4. The number of carbonyl (C=O) groups is 1. The molecule has 1 amide bonds. The van der Waals surface area contributed by atoms with Crippen LogP contribution in [0.5, 0.6) is 11.6 Å². The van der Waals surface area contributed by atoms with Gasteiger partial charge in [-0.3, -0.25) is 14.0 Å². The van der Waals surface area contributed by atoms with Crippen molar-refractivity contribution in [2.24, 2.45) is 0 Å². The zero-order chi connectivity index (χ0) is 22.7. The summed E-state index contributed by atoms with van der Waals surface area (Å²) >= 11 is 6.24. The number of amides is 1. The van der Waals surface area contributed by atoms with E-state index in [1.807, 2.05) is 19.1 Å². The van der Waals surface area contributed by atoms with Crippen molar-refractivity contribution in [1.82, 2.24) is 14.3 Å². The molecule has 0 radical (unpaired) electrons. The number of para-hydroxylation sites is 1. The number of rotatable bonds is 4. The van der Waals surface area contributed by atoms with Crippen LogP contribution in [-0.2, 0) is 4.79 Å². The number of benzene rings is 1. The number of aryl methyl sites for hydroxylation is 1. The Morgan fingerprint density at radius 3 is 2.66 bits per heavy atom. The van der Waals surface area contributed by atoms with E-state index >= 15 is 0 Å². The summed E-state index contributed by atoms with van der Waals surface area (Å²) in [5.74, 6) is -0.101. The van der Waals surface area contributed by atoms with Crippen molar-refractivity contribution >= 4 is 29.2 Å². The van der Waals surface area contributed by atoms with Gasteiger partial charge in [0.25, 0.3) is 11.5 Å². The number of likely N-dealkylation sites (tertiary alicyclic amines) is 1. The second kappa shape index (κ2) is 9.25. The van der Waals surface area contributed by atoms with Crippen molar-refractivity contribution < 1.29 is 9.53 Å². The Balaban J connectivity index is 1.88. The first-order valence-electron chi connectivity index (χ1n) is 10.3. The van der Waals surface area contributed by atoms with Gasteiger partial charge in [-0.2, -0.15) is 10.2 Å². The molecule has 3 heterocycles. The SMILES string of the molecule is Cc1cccn2c(=O)c(/C=C(\C#N)C(=O)N3CCCCC3)c(Oc3ccccc3Cl)nc12. The summed E-state index contributed by atoms with van der Waals surface area (Å²) in [6.45, 7) is 3.01. The van der Waals surface area contributed by atoms with Crippen LogP contribution in [0.15, 0.2) is 53.0 Å². The molecule has 8 heteroatoms. The molecule has 4 rings (SSSR count). The standard InChI is InChI=1S/C24H21ClN4O3/c1-16-8-7-13-29-21(16)27-22(32-20-10-4-3-9-19(20)25)18(24(29)31)14-17(15-26)23(30)28-11-5-2-6-12-28/h3-4,7-10,13-14H,2,5-6,11-12H2,1H3/b17-14+. The Kier molecular flexibility index (Phi) is 6.24. The van der Waals surface area contributed by atoms with Crippen LogP contribution < -0.4 is 10.3 Å². The molecule has 0 saturated carbocycles. The minimum absolute atomic E-state index is 0.00919. The molecule has 0 spiro atoms. The van der Waals surface area contributed by atoms with Crippen LogP contribution in [0.1, 0.15) is 30.4 Å². The van der Waals surface area contributed by atoms with Gasteiger partial charge in [-0.25, -0.2) is 0 Å². The highest BCUT2D eigenvalue weighted by Crippen LogP contribution is 2.30. The zero-order valence-electron chi connectivity index (χ0n) is 17.5. The van der Waals surface area contributed by atoms with Gasteiger partial charge < -0.3 is 9.64 Å². The number of halogens is 1. The third-order valence-corrected chi connectivity index (χ3v) is 5.69. The molecule has 3 aromatic rings. The van der Waals surface area contributed by atoms with Crippen LogP contribution >= 0.6 is 11.6 Å². The number of fused-ring (bicyclic) bond motifs is 1. The second-order valence-electron chi connectivity index (χ2n) is 7.58. The Bertz CT molecular complexity index is 1320. The van der Waals surface area contributed by atoms with Gasteiger partial charge in [0, 0.05) is 19.3 Å². The molecule has 1 aromatic carbocycles. The first-order valence-corrected chi connectivity index (χ1v) is 10.7. The number of ether oxygens (including phenoxy) is 1. The molecule has 1 aliphatic heterocycles. The molecule has 0 aliphatic carbocycles. The molecular weight excluding hydrogens is 428 g/mol. The van der Waals surface area contributed by atoms with Crippen LogP contribution in [-0.4, -0.2) is 33.3 Å².